The van der Waals surface area contributed by atoms with Crippen LogP contribution >= 0.6 is 0 Å². The molecule has 4 nitrogen and oxygen atoms in total. The Labute approximate surface area is 189 Å². The zero-order valence-corrected chi connectivity index (χ0v) is 18.1. The maximum atomic E-state index is 8.95. The summed E-state index contributed by atoms with van der Waals surface area (Å²) in [7, 11) is 0. The molecule has 1 aromatic heterocycles. The first kappa shape index (κ1) is 20.4. The molecular formula is C28H26N4. The number of hydrogen-bond donors (Lipinski definition) is 0. The van der Waals surface area contributed by atoms with Gasteiger partial charge in [0.2, 0.25) is 0 Å². The summed E-state index contributed by atoms with van der Waals surface area (Å²) in [5.41, 5.74) is 6.80. The van der Waals surface area contributed by atoms with Gasteiger partial charge in [-0.3, -0.25) is 14.8 Å². The van der Waals surface area contributed by atoms with Crippen LogP contribution in [0.15, 0.2) is 85.1 Å². The molecule has 32 heavy (non-hydrogen) atoms. The molecule has 0 atom stereocenters. The molecule has 0 bridgehead atoms. The lowest BCUT2D eigenvalue weighted by molar-refractivity contribution is 0.122. The number of hydrogen-bond acceptors (Lipinski definition) is 4. The first-order valence-corrected chi connectivity index (χ1v) is 11.2. The molecule has 0 saturated carbocycles. The fraction of sp³-hybridized carbons (Fsp3) is 0.214. The van der Waals surface area contributed by atoms with Gasteiger partial charge in [-0.25, -0.2) is 0 Å². The molecule has 0 unspecified atom stereocenters. The second-order valence-corrected chi connectivity index (χ2v) is 8.44. The molecule has 1 saturated heterocycles. The van der Waals surface area contributed by atoms with Crippen molar-refractivity contribution in [3.8, 4) is 17.2 Å². The fourth-order valence-electron chi connectivity index (χ4n) is 4.43. The first-order valence-electron chi connectivity index (χ1n) is 11.2. The molecule has 3 aromatic carbocycles. The van der Waals surface area contributed by atoms with Crippen LogP contribution in [-0.4, -0.2) is 41.0 Å². The van der Waals surface area contributed by atoms with E-state index in [2.05, 4.69) is 81.5 Å². The van der Waals surface area contributed by atoms with Crippen molar-refractivity contribution in [1.82, 2.24) is 14.8 Å². The van der Waals surface area contributed by atoms with Gasteiger partial charge in [-0.1, -0.05) is 60.7 Å². The van der Waals surface area contributed by atoms with Crippen LogP contribution in [0.3, 0.4) is 0 Å². The minimum atomic E-state index is 0.723. The molecule has 4 aromatic rings. The number of rotatable bonds is 5. The van der Waals surface area contributed by atoms with E-state index in [1.54, 1.807) is 0 Å². The summed E-state index contributed by atoms with van der Waals surface area (Å²) in [5.74, 6) is 0. The second-order valence-electron chi connectivity index (χ2n) is 8.44. The summed E-state index contributed by atoms with van der Waals surface area (Å²) in [6.45, 7) is 6.22. The van der Waals surface area contributed by atoms with Crippen molar-refractivity contribution in [3.63, 3.8) is 0 Å². The summed E-state index contributed by atoms with van der Waals surface area (Å²) in [5, 5.41) is 10.1. The third-order valence-corrected chi connectivity index (χ3v) is 6.26. The van der Waals surface area contributed by atoms with Crippen molar-refractivity contribution < 1.29 is 0 Å². The van der Waals surface area contributed by atoms with Gasteiger partial charge < -0.3 is 0 Å². The highest BCUT2D eigenvalue weighted by molar-refractivity contribution is 5.93. The Balaban J connectivity index is 1.18. The van der Waals surface area contributed by atoms with E-state index in [-0.39, 0.29) is 0 Å². The molecule has 0 spiro atoms. The number of benzene rings is 3. The topological polar surface area (TPSA) is 43.2 Å². The minimum Gasteiger partial charge on any atom is -0.297 e. The largest absolute Gasteiger partial charge is 0.297 e. The molecule has 5 rings (SSSR count). The number of fused-ring (bicyclic) bond motifs is 1. The lowest BCUT2D eigenvalue weighted by Crippen LogP contribution is -2.45. The number of para-hydroxylation sites is 1. The van der Waals surface area contributed by atoms with Gasteiger partial charge in [-0.2, -0.15) is 5.26 Å². The molecule has 158 valence electrons. The van der Waals surface area contributed by atoms with Crippen LogP contribution in [0.1, 0.15) is 16.7 Å². The van der Waals surface area contributed by atoms with E-state index in [1.807, 2.05) is 24.4 Å². The van der Waals surface area contributed by atoms with E-state index in [9.17, 15) is 0 Å². The molecule has 2 heterocycles. The molecule has 0 aliphatic carbocycles. The van der Waals surface area contributed by atoms with Crippen LogP contribution in [0.4, 0.5) is 0 Å². The number of nitriles is 1. The monoisotopic (exact) mass is 418 g/mol. The van der Waals surface area contributed by atoms with Gasteiger partial charge in [0, 0.05) is 56.4 Å². The normalized spacial score (nSPS) is 15.0. The van der Waals surface area contributed by atoms with Crippen molar-refractivity contribution in [3.05, 3.63) is 102 Å². The summed E-state index contributed by atoms with van der Waals surface area (Å²) in [6, 6.07) is 29.5. The Hall–Kier alpha value is -3.52. The lowest BCUT2D eigenvalue weighted by Gasteiger charge is -2.34. The van der Waals surface area contributed by atoms with Gasteiger partial charge in [0.15, 0.2) is 0 Å². The Morgan fingerprint density at radius 3 is 1.94 bits per heavy atom. The van der Waals surface area contributed by atoms with Crippen LogP contribution < -0.4 is 0 Å². The van der Waals surface area contributed by atoms with Gasteiger partial charge >= 0.3 is 0 Å². The van der Waals surface area contributed by atoms with Crippen LogP contribution in [0.25, 0.3) is 22.0 Å². The van der Waals surface area contributed by atoms with Crippen molar-refractivity contribution in [2.75, 3.05) is 26.2 Å². The number of pyridine rings is 1. The van der Waals surface area contributed by atoms with Gasteiger partial charge in [-0.15, -0.1) is 0 Å². The van der Waals surface area contributed by atoms with Gasteiger partial charge in [0.25, 0.3) is 0 Å². The zero-order valence-electron chi connectivity index (χ0n) is 18.1. The van der Waals surface area contributed by atoms with Crippen molar-refractivity contribution >= 4 is 10.9 Å². The molecule has 0 radical (unpaired) electrons. The van der Waals surface area contributed by atoms with Gasteiger partial charge in [0.1, 0.15) is 0 Å². The standard InChI is InChI=1S/C28H26N4/c29-19-22-6-8-23(9-7-22)20-31-15-17-32(18-16-31)21-24-10-12-25(13-11-24)27-5-1-3-26-4-2-14-30-28(26)27/h1-14H,15-18,20-21H2. The number of aromatic nitrogens is 1. The SMILES string of the molecule is N#Cc1ccc(CN2CCN(Cc3ccc(-c4cccc5cccnc45)cc3)CC2)cc1. The maximum Gasteiger partial charge on any atom is 0.0991 e. The summed E-state index contributed by atoms with van der Waals surface area (Å²) >= 11 is 0. The average Bonchev–Trinajstić information content (AvgIpc) is 2.86. The molecule has 4 heteroatoms. The first-order chi connectivity index (χ1) is 15.8. The Morgan fingerprint density at radius 2 is 1.31 bits per heavy atom. The molecular weight excluding hydrogens is 392 g/mol. The predicted octanol–water partition coefficient (Wildman–Crippen LogP) is 5.09. The molecule has 1 aliphatic heterocycles. The highest BCUT2D eigenvalue weighted by atomic mass is 15.3. The zero-order chi connectivity index (χ0) is 21.8. The van der Waals surface area contributed by atoms with E-state index in [4.69, 9.17) is 5.26 Å². The quantitative estimate of drug-likeness (QED) is 0.453. The second kappa shape index (κ2) is 9.32. The summed E-state index contributed by atoms with van der Waals surface area (Å²) in [6.07, 6.45) is 1.86. The summed E-state index contributed by atoms with van der Waals surface area (Å²) in [4.78, 5) is 9.62. The third-order valence-electron chi connectivity index (χ3n) is 6.26. The van der Waals surface area contributed by atoms with Gasteiger partial charge in [0.05, 0.1) is 17.1 Å². The average molecular weight is 419 g/mol. The Kier molecular flexibility index (Phi) is 5.93. The van der Waals surface area contributed by atoms with Crippen molar-refractivity contribution in [1.29, 1.82) is 5.26 Å². The van der Waals surface area contributed by atoms with Gasteiger partial charge in [-0.05, 0) is 34.9 Å². The minimum absolute atomic E-state index is 0.723. The summed E-state index contributed by atoms with van der Waals surface area (Å²) < 4.78 is 0. The lowest BCUT2D eigenvalue weighted by atomic mass is 10.0. The smallest absolute Gasteiger partial charge is 0.0991 e. The molecule has 1 aliphatic rings. The molecule has 0 amide bonds. The van der Waals surface area contributed by atoms with E-state index in [0.29, 0.717) is 0 Å². The third kappa shape index (κ3) is 4.55. The van der Waals surface area contributed by atoms with Crippen molar-refractivity contribution in [2.45, 2.75) is 13.1 Å². The van der Waals surface area contributed by atoms with Crippen molar-refractivity contribution in [2.24, 2.45) is 0 Å². The molecule has 1 fully saturated rings. The van der Waals surface area contributed by atoms with Crippen LogP contribution in [0.2, 0.25) is 0 Å². The van der Waals surface area contributed by atoms with Crippen LogP contribution in [-0.2, 0) is 13.1 Å². The number of nitrogens with zero attached hydrogens (tertiary/aromatic N) is 4. The van der Waals surface area contributed by atoms with Crippen LogP contribution in [0.5, 0.6) is 0 Å². The predicted molar refractivity (Wildman–Crippen MR) is 129 cm³/mol. The highest BCUT2D eigenvalue weighted by Crippen LogP contribution is 2.27. The highest BCUT2D eigenvalue weighted by Gasteiger charge is 2.17. The van der Waals surface area contributed by atoms with E-state index < -0.39 is 0 Å². The number of piperazine rings is 1. The van der Waals surface area contributed by atoms with E-state index in [0.717, 1.165) is 50.3 Å². The van der Waals surface area contributed by atoms with E-state index >= 15 is 0 Å². The Morgan fingerprint density at radius 1 is 0.719 bits per heavy atom. The van der Waals surface area contributed by atoms with E-state index in [1.165, 1.54) is 27.6 Å². The maximum absolute atomic E-state index is 8.95. The Bertz CT molecular complexity index is 1230. The molecule has 0 N–H and O–H groups in total. The fourth-order valence-corrected chi connectivity index (χ4v) is 4.43. The van der Waals surface area contributed by atoms with Crippen LogP contribution in [0, 0.1) is 11.3 Å².